The summed E-state index contributed by atoms with van der Waals surface area (Å²) in [4.78, 5) is 23.0. The van der Waals surface area contributed by atoms with E-state index in [1.54, 1.807) is 6.92 Å². The fourth-order valence-corrected chi connectivity index (χ4v) is 1.63. The summed E-state index contributed by atoms with van der Waals surface area (Å²) in [6, 6.07) is 8.52. The van der Waals surface area contributed by atoms with Crippen LogP contribution in [0.5, 0.6) is 0 Å². The number of carbonyl (C=O) groups excluding carboxylic acids is 1. The van der Waals surface area contributed by atoms with Gasteiger partial charge in [0.05, 0.1) is 17.7 Å². The van der Waals surface area contributed by atoms with Gasteiger partial charge in [-0.25, -0.2) is 4.79 Å². The van der Waals surface area contributed by atoms with E-state index in [2.05, 4.69) is 5.32 Å². The highest BCUT2D eigenvalue weighted by atomic mass is 16.4. The first-order valence-electron chi connectivity index (χ1n) is 5.90. The summed E-state index contributed by atoms with van der Waals surface area (Å²) >= 11 is 0. The summed E-state index contributed by atoms with van der Waals surface area (Å²) in [5, 5.41) is 28.7. The molecular weight excluding hydrogens is 258 g/mol. The van der Waals surface area contributed by atoms with Crippen LogP contribution in [0.25, 0.3) is 0 Å². The van der Waals surface area contributed by atoms with Gasteiger partial charge in [0, 0.05) is 17.9 Å². The van der Waals surface area contributed by atoms with E-state index in [0.717, 1.165) is 0 Å². The van der Waals surface area contributed by atoms with Crippen molar-refractivity contribution in [2.45, 2.75) is 19.4 Å². The van der Waals surface area contributed by atoms with Gasteiger partial charge in [-0.2, -0.15) is 10.5 Å². The van der Waals surface area contributed by atoms with Gasteiger partial charge in [-0.1, -0.05) is 6.92 Å². The van der Waals surface area contributed by atoms with E-state index >= 15 is 0 Å². The summed E-state index contributed by atoms with van der Waals surface area (Å²) < 4.78 is 0. The Bertz CT molecular complexity index is 581. The number of rotatable bonds is 5. The molecule has 1 aromatic carbocycles. The zero-order chi connectivity index (χ0) is 15.1. The predicted molar refractivity (Wildman–Crippen MR) is 69.4 cm³/mol. The molecule has 0 radical (unpaired) electrons. The van der Waals surface area contributed by atoms with Crippen molar-refractivity contribution in [3.63, 3.8) is 0 Å². The molecule has 0 aromatic heterocycles. The molecule has 102 valence electrons. The van der Waals surface area contributed by atoms with Crippen LogP contribution in [-0.4, -0.2) is 23.0 Å². The minimum atomic E-state index is -1.19. The molecular formula is C14H13N3O3. The molecule has 1 rings (SSSR count). The highest BCUT2D eigenvalue weighted by Crippen LogP contribution is 2.10. The van der Waals surface area contributed by atoms with Crippen molar-refractivity contribution in [3.8, 4) is 12.1 Å². The number of nitrogens with one attached hydrogen (secondary N) is 1. The first-order valence-corrected chi connectivity index (χ1v) is 5.90. The first kappa shape index (κ1) is 15.2. The summed E-state index contributed by atoms with van der Waals surface area (Å²) in [5.41, 5.74) is 0.675. The second-order valence-corrected chi connectivity index (χ2v) is 4.32. The van der Waals surface area contributed by atoms with Gasteiger partial charge in [0.15, 0.2) is 0 Å². The Morgan fingerprint density at radius 1 is 1.30 bits per heavy atom. The smallest absolute Gasteiger partial charge is 0.326 e. The second kappa shape index (κ2) is 6.91. The lowest BCUT2D eigenvalue weighted by molar-refractivity contribution is -0.140. The Morgan fingerprint density at radius 2 is 1.90 bits per heavy atom. The maximum absolute atomic E-state index is 11.9. The largest absolute Gasteiger partial charge is 0.480 e. The van der Waals surface area contributed by atoms with E-state index in [9.17, 15) is 9.59 Å². The molecule has 2 N–H and O–H groups in total. The summed E-state index contributed by atoms with van der Waals surface area (Å²) in [6.07, 6.45) is 0.0324. The van der Waals surface area contributed by atoms with Crippen LogP contribution >= 0.6 is 0 Å². The number of nitrogens with zero attached hydrogens (tertiary/aromatic N) is 2. The van der Waals surface area contributed by atoms with Gasteiger partial charge < -0.3 is 10.4 Å². The van der Waals surface area contributed by atoms with Crippen LogP contribution in [0, 0.1) is 28.6 Å². The lowest BCUT2D eigenvalue weighted by Gasteiger charge is -2.19. The van der Waals surface area contributed by atoms with E-state index in [4.69, 9.17) is 15.6 Å². The van der Waals surface area contributed by atoms with Crippen molar-refractivity contribution in [2.24, 2.45) is 5.92 Å². The molecule has 20 heavy (non-hydrogen) atoms. The van der Waals surface area contributed by atoms with Gasteiger partial charge in [0.1, 0.15) is 6.04 Å². The number of benzene rings is 1. The van der Waals surface area contributed by atoms with Crippen molar-refractivity contribution in [1.82, 2.24) is 5.32 Å². The van der Waals surface area contributed by atoms with Crippen molar-refractivity contribution < 1.29 is 14.7 Å². The zero-order valence-corrected chi connectivity index (χ0v) is 10.8. The van der Waals surface area contributed by atoms with Crippen LogP contribution in [0.3, 0.4) is 0 Å². The van der Waals surface area contributed by atoms with Gasteiger partial charge in [-0.3, -0.25) is 4.79 Å². The van der Waals surface area contributed by atoms with E-state index in [-0.39, 0.29) is 12.0 Å². The van der Waals surface area contributed by atoms with Gasteiger partial charge in [0.25, 0.3) is 5.91 Å². The highest BCUT2D eigenvalue weighted by molar-refractivity contribution is 5.96. The molecule has 0 saturated carbocycles. The van der Waals surface area contributed by atoms with Crippen LogP contribution < -0.4 is 5.32 Å². The maximum Gasteiger partial charge on any atom is 0.326 e. The molecule has 0 heterocycles. The topological polar surface area (TPSA) is 114 Å². The van der Waals surface area contributed by atoms with Gasteiger partial charge in [0.2, 0.25) is 0 Å². The van der Waals surface area contributed by atoms with Crippen molar-refractivity contribution in [1.29, 1.82) is 10.5 Å². The van der Waals surface area contributed by atoms with Crippen molar-refractivity contribution in [3.05, 3.63) is 35.4 Å². The SMILES string of the molecule is C[C@@H](CC#N)[C@@H](NC(=O)c1ccc(C#N)cc1)C(=O)O. The molecule has 0 aliphatic rings. The van der Waals surface area contributed by atoms with Crippen molar-refractivity contribution >= 4 is 11.9 Å². The minimum Gasteiger partial charge on any atom is -0.480 e. The van der Waals surface area contributed by atoms with Crippen LogP contribution in [0.4, 0.5) is 0 Å². The van der Waals surface area contributed by atoms with Crippen LogP contribution in [0.2, 0.25) is 0 Å². The Hall–Kier alpha value is -2.86. The summed E-state index contributed by atoms with van der Waals surface area (Å²) in [7, 11) is 0. The molecule has 0 saturated heterocycles. The Labute approximate surface area is 116 Å². The molecule has 0 bridgehead atoms. The number of nitriles is 2. The number of aliphatic carboxylic acids is 1. The Kier molecular flexibility index (Phi) is 5.25. The first-order chi connectivity index (χ1) is 9.49. The van der Waals surface area contributed by atoms with Crippen LogP contribution in [0.15, 0.2) is 24.3 Å². The van der Waals surface area contributed by atoms with E-state index < -0.39 is 23.8 Å². The fourth-order valence-electron chi connectivity index (χ4n) is 1.63. The predicted octanol–water partition coefficient (Wildman–Crippen LogP) is 1.29. The molecule has 0 unspecified atom stereocenters. The number of carboxylic acids is 1. The zero-order valence-electron chi connectivity index (χ0n) is 10.8. The summed E-state index contributed by atoms with van der Waals surface area (Å²) in [5.74, 6) is -2.23. The van der Waals surface area contributed by atoms with Crippen LogP contribution in [0.1, 0.15) is 29.3 Å². The molecule has 0 aliphatic carbocycles. The molecule has 2 atom stereocenters. The monoisotopic (exact) mass is 271 g/mol. The minimum absolute atomic E-state index is 0.0324. The number of carboxylic acid groups (broad SMARTS) is 1. The van der Waals surface area contributed by atoms with Crippen LogP contribution in [-0.2, 0) is 4.79 Å². The second-order valence-electron chi connectivity index (χ2n) is 4.32. The van der Waals surface area contributed by atoms with E-state index in [0.29, 0.717) is 5.56 Å². The molecule has 6 nitrogen and oxygen atoms in total. The summed E-state index contributed by atoms with van der Waals surface area (Å²) in [6.45, 7) is 1.58. The molecule has 0 spiro atoms. The Morgan fingerprint density at radius 3 is 2.35 bits per heavy atom. The normalized spacial score (nSPS) is 12.6. The highest BCUT2D eigenvalue weighted by Gasteiger charge is 2.26. The molecule has 0 aliphatic heterocycles. The third kappa shape index (κ3) is 3.82. The molecule has 1 aromatic rings. The number of amides is 1. The van der Waals surface area contributed by atoms with Crippen molar-refractivity contribution in [2.75, 3.05) is 0 Å². The average molecular weight is 271 g/mol. The lowest BCUT2D eigenvalue weighted by Crippen LogP contribution is -2.45. The van der Waals surface area contributed by atoms with Gasteiger partial charge in [-0.05, 0) is 24.3 Å². The van der Waals surface area contributed by atoms with E-state index in [1.165, 1.54) is 24.3 Å². The average Bonchev–Trinajstić information content (AvgIpc) is 2.44. The molecule has 0 fully saturated rings. The quantitative estimate of drug-likeness (QED) is 0.837. The maximum atomic E-state index is 11.9. The fraction of sp³-hybridized carbons (Fsp3) is 0.286. The third-order valence-electron chi connectivity index (χ3n) is 2.81. The molecule has 1 amide bonds. The lowest BCUT2D eigenvalue weighted by atomic mass is 9.98. The Balaban J connectivity index is 2.83. The standard InChI is InChI=1S/C14H13N3O3/c1-9(6-7-15)12(14(19)20)17-13(18)11-4-2-10(8-16)3-5-11/h2-5,9,12H,6H2,1H3,(H,17,18)(H,19,20)/t9-,12+/m0/s1. The number of hydrogen-bond donors (Lipinski definition) is 2. The number of carbonyl (C=O) groups is 2. The van der Waals surface area contributed by atoms with Gasteiger partial charge in [-0.15, -0.1) is 0 Å². The number of hydrogen-bond acceptors (Lipinski definition) is 4. The third-order valence-corrected chi connectivity index (χ3v) is 2.81. The molecule has 6 heteroatoms. The van der Waals surface area contributed by atoms with Gasteiger partial charge >= 0.3 is 5.97 Å². The van der Waals surface area contributed by atoms with E-state index in [1.807, 2.05) is 12.1 Å².